The second-order valence-corrected chi connectivity index (χ2v) is 14.4. The molecule has 0 N–H and O–H groups in total. The highest BCUT2D eigenvalue weighted by Crippen LogP contribution is 2.41. The van der Waals surface area contributed by atoms with Crippen molar-refractivity contribution in [3.8, 4) is 0 Å². The highest BCUT2D eigenvalue weighted by molar-refractivity contribution is 7.19. The van der Waals surface area contributed by atoms with Crippen LogP contribution in [-0.2, 0) is 0 Å². The Hall–Kier alpha value is -6.45. The van der Waals surface area contributed by atoms with Crippen molar-refractivity contribution in [2.45, 2.75) is 0 Å². The molecule has 8 aromatic rings. The van der Waals surface area contributed by atoms with Crippen LogP contribution in [0.3, 0.4) is 0 Å². The SMILES string of the molecule is c1ccc(B2c3cccc4c3B3c5c2cccc5N(c2ccccc2)c2cc(N(c5ccccc5)c5ccccc5)cc(c23)B4c2ccccc2)cc1. The van der Waals surface area contributed by atoms with Gasteiger partial charge in [-0.1, -0.05) is 184 Å². The number of para-hydroxylation sites is 3. The van der Waals surface area contributed by atoms with Gasteiger partial charge in [-0.05, 0) is 65.5 Å². The summed E-state index contributed by atoms with van der Waals surface area (Å²) in [5.41, 5.74) is 19.7. The number of hydrogen-bond acceptors (Lipinski definition) is 2. The van der Waals surface area contributed by atoms with Gasteiger partial charge in [-0.3, -0.25) is 0 Å². The van der Waals surface area contributed by atoms with Gasteiger partial charge < -0.3 is 9.80 Å². The molecule has 11 rings (SSSR count). The van der Waals surface area contributed by atoms with Gasteiger partial charge in [-0.25, -0.2) is 0 Å². The van der Waals surface area contributed by atoms with Gasteiger partial charge in [0.15, 0.2) is 0 Å². The van der Waals surface area contributed by atoms with Crippen LogP contribution in [0.4, 0.5) is 34.1 Å². The molecule has 244 valence electrons. The van der Waals surface area contributed by atoms with Crippen molar-refractivity contribution < 1.29 is 0 Å². The molecule has 53 heavy (non-hydrogen) atoms. The topological polar surface area (TPSA) is 6.48 Å². The molecule has 0 saturated heterocycles. The number of rotatable bonds is 6. The Kier molecular flexibility index (Phi) is 6.88. The van der Waals surface area contributed by atoms with Gasteiger partial charge in [0.25, 0.3) is 0 Å². The Morgan fingerprint density at radius 2 is 0.774 bits per heavy atom. The van der Waals surface area contributed by atoms with E-state index in [2.05, 4.69) is 210 Å². The quantitative estimate of drug-likeness (QED) is 0.227. The molecule has 3 heterocycles. The fourth-order valence-corrected chi connectivity index (χ4v) is 9.65. The number of nitrogens with zero attached hydrogens (tertiary/aromatic N) is 2. The normalized spacial score (nSPS) is 13.1. The van der Waals surface area contributed by atoms with Crippen molar-refractivity contribution in [2.75, 3.05) is 9.80 Å². The van der Waals surface area contributed by atoms with Gasteiger partial charge in [0, 0.05) is 34.1 Å². The molecule has 0 amide bonds. The predicted octanol–water partition coefficient (Wildman–Crippen LogP) is 5.12. The molecule has 3 aliphatic heterocycles. The van der Waals surface area contributed by atoms with E-state index in [9.17, 15) is 0 Å². The maximum atomic E-state index is 2.55. The van der Waals surface area contributed by atoms with E-state index in [0.717, 1.165) is 17.1 Å². The summed E-state index contributed by atoms with van der Waals surface area (Å²) in [4.78, 5) is 4.97. The molecule has 0 aliphatic carbocycles. The van der Waals surface area contributed by atoms with E-state index in [-0.39, 0.29) is 20.1 Å². The summed E-state index contributed by atoms with van der Waals surface area (Å²) < 4.78 is 0. The van der Waals surface area contributed by atoms with Gasteiger partial charge in [-0.15, -0.1) is 0 Å². The van der Waals surface area contributed by atoms with Crippen LogP contribution in [0.5, 0.6) is 0 Å². The average molecular weight is 670 g/mol. The molecule has 0 radical (unpaired) electrons. The van der Waals surface area contributed by atoms with Crippen molar-refractivity contribution in [1.82, 2.24) is 0 Å². The van der Waals surface area contributed by atoms with Crippen LogP contribution in [0.15, 0.2) is 200 Å². The smallest absolute Gasteiger partial charge is 0.244 e. The average Bonchev–Trinajstić information content (AvgIpc) is 3.23. The predicted molar refractivity (Wildman–Crippen MR) is 229 cm³/mol. The number of hydrogen-bond donors (Lipinski definition) is 0. The Morgan fingerprint density at radius 1 is 0.321 bits per heavy atom. The third-order valence-corrected chi connectivity index (χ3v) is 11.6. The summed E-state index contributed by atoms with van der Waals surface area (Å²) in [6.07, 6.45) is 0. The minimum absolute atomic E-state index is 0.0605. The van der Waals surface area contributed by atoms with Crippen LogP contribution in [-0.4, -0.2) is 20.1 Å². The first-order valence-electron chi connectivity index (χ1n) is 18.6. The fourth-order valence-electron chi connectivity index (χ4n) is 9.65. The number of anilines is 6. The Morgan fingerprint density at radius 3 is 1.34 bits per heavy atom. The Labute approximate surface area is 312 Å². The molecular formula is C48H33B3N2. The maximum Gasteiger partial charge on any atom is 0.244 e. The molecular weight excluding hydrogens is 637 g/mol. The lowest BCUT2D eigenvalue weighted by Crippen LogP contribution is -2.86. The van der Waals surface area contributed by atoms with Crippen LogP contribution in [0.1, 0.15) is 0 Å². The first-order valence-corrected chi connectivity index (χ1v) is 18.6. The van der Waals surface area contributed by atoms with E-state index >= 15 is 0 Å². The summed E-state index contributed by atoms with van der Waals surface area (Å²) in [7, 11) is 0. The first-order chi connectivity index (χ1) is 26.3. The van der Waals surface area contributed by atoms with E-state index < -0.39 is 0 Å². The maximum absolute atomic E-state index is 2.55. The van der Waals surface area contributed by atoms with Gasteiger partial charge >= 0.3 is 0 Å². The van der Waals surface area contributed by atoms with Crippen LogP contribution in [0, 0.1) is 0 Å². The van der Waals surface area contributed by atoms with Crippen molar-refractivity contribution in [3.63, 3.8) is 0 Å². The van der Waals surface area contributed by atoms with Gasteiger partial charge in [0.1, 0.15) is 0 Å². The van der Waals surface area contributed by atoms with Crippen LogP contribution >= 0.6 is 0 Å². The third kappa shape index (κ3) is 4.57. The summed E-state index contributed by atoms with van der Waals surface area (Å²) in [5.74, 6) is 0. The minimum Gasteiger partial charge on any atom is -0.311 e. The molecule has 0 unspecified atom stereocenters. The van der Waals surface area contributed by atoms with Gasteiger partial charge in [0.2, 0.25) is 20.1 Å². The second kappa shape index (κ2) is 12.1. The van der Waals surface area contributed by atoms with E-state index in [1.165, 1.54) is 66.2 Å². The lowest BCUT2D eigenvalue weighted by molar-refractivity contribution is 1.26. The van der Waals surface area contributed by atoms with Crippen LogP contribution < -0.4 is 59.0 Å². The molecule has 0 bridgehead atoms. The summed E-state index contributed by atoms with van der Waals surface area (Å²) in [6, 6.07) is 74.0. The molecule has 5 heteroatoms. The zero-order valence-electron chi connectivity index (χ0n) is 29.2. The molecule has 8 aromatic carbocycles. The lowest BCUT2D eigenvalue weighted by Gasteiger charge is -2.47. The molecule has 2 nitrogen and oxygen atoms in total. The summed E-state index contributed by atoms with van der Waals surface area (Å²) >= 11 is 0. The van der Waals surface area contributed by atoms with Crippen LogP contribution in [0.25, 0.3) is 0 Å². The van der Waals surface area contributed by atoms with E-state index in [1.807, 2.05) is 0 Å². The Bertz CT molecular complexity index is 2480. The van der Waals surface area contributed by atoms with E-state index in [4.69, 9.17) is 0 Å². The van der Waals surface area contributed by atoms with Crippen molar-refractivity contribution >= 4 is 103 Å². The second-order valence-electron chi connectivity index (χ2n) is 14.4. The highest BCUT2D eigenvalue weighted by atomic mass is 15.2. The third-order valence-electron chi connectivity index (χ3n) is 11.6. The Balaban J connectivity index is 1.28. The molecule has 0 fully saturated rings. The van der Waals surface area contributed by atoms with Gasteiger partial charge in [-0.2, -0.15) is 0 Å². The molecule has 3 aliphatic rings. The molecule has 0 saturated carbocycles. The largest absolute Gasteiger partial charge is 0.311 e. The molecule has 0 atom stereocenters. The zero-order valence-corrected chi connectivity index (χ0v) is 29.2. The lowest BCUT2D eigenvalue weighted by atomic mass is 9.13. The highest BCUT2D eigenvalue weighted by Gasteiger charge is 2.51. The monoisotopic (exact) mass is 670 g/mol. The first kappa shape index (κ1) is 30.2. The minimum atomic E-state index is 0.0605. The summed E-state index contributed by atoms with van der Waals surface area (Å²) in [5, 5.41) is 0. The standard InChI is InChI=1S/C48H33B3N2/c1-6-18-34(19-7-1)49-40-28-16-29-41-46(40)51-47-42(49)30-17-31-44(47)53(38-26-14-5-15-27-38)45-33-39(32-43(48(45)51)50(41)35-20-8-2-9-21-35)52(36-22-10-3-11-23-36)37-24-12-4-13-25-37/h1-33H. The fraction of sp³-hybridized carbons (Fsp3) is 0. The van der Waals surface area contributed by atoms with E-state index in [0.29, 0.717) is 0 Å². The van der Waals surface area contributed by atoms with E-state index in [1.54, 1.807) is 0 Å². The zero-order chi connectivity index (χ0) is 34.9. The molecule has 0 spiro atoms. The van der Waals surface area contributed by atoms with Gasteiger partial charge in [0.05, 0.1) is 0 Å². The van der Waals surface area contributed by atoms with Crippen LogP contribution in [0.2, 0.25) is 0 Å². The van der Waals surface area contributed by atoms with Crippen molar-refractivity contribution in [2.24, 2.45) is 0 Å². The number of benzene rings is 8. The van der Waals surface area contributed by atoms with Crippen molar-refractivity contribution in [1.29, 1.82) is 0 Å². The van der Waals surface area contributed by atoms with Crippen molar-refractivity contribution in [3.05, 3.63) is 200 Å². The summed E-state index contributed by atoms with van der Waals surface area (Å²) in [6.45, 7) is 0.319. The molecule has 0 aromatic heterocycles.